The number of amides is 1. The number of rotatable bonds is 5. The molecule has 0 radical (unpaired) electrons. The van der Waals surface area contributed by atoms with Crippen LogP contribution in [0.4, 0.5) is 11.4 Å². The lowest BCUT2D eigenvalue weighted by molar-refractivity contribution is 0.100. The van der Waals surface area contributed by atoms with Crippen LogP contribution >= 0.6 is 0 Å². The molecule has 1 amide bonds. The SMILES string of the molecule is CN(C)C(C)(C)CNc1c(N)cccc1C(N)=O. The largest absolute Gasteiger partial charge is 0.397 e. The van der Waals surface area contributed by atoms with Crippen molar-refractivity contribution in [3.05, 3.63) is 23.8 Å². The molecule has 0 bridgehead atoms. The molecule has 0 aliphatic heterocycles. The van der Waals surface area contributed by atoms with Gasteiger partial charge in [0.25, 0.3) is 5.91 Å². The molecule has 100 valence electrons. The van der Waals surface area contributed by atoms with Crippen LogP contribution in [0.1, 0.15) is 24.2 Å². The fourth-order valence-electron chi connectivity index (χ4n) is 1.44. The third-order valence-electron chi connectivity index (χ3n) is 3.27. The molecule has 0 aromatic heterocycles. The Morgan fingerprint density at radius 3 is 2.50 bits per heavy atom. The first-order valence-corrected chi connectivity index (χ1v) is 5.85. The highest BCUT2D eigenvalue weighted by molar-refractivity contribution is 6.01. The van der Waals surface area contributed by atoms with E-state index in [2.05, 4.69) is 24.1 Å². The van der Waals surface area contributed by atoms with Crippen molar-refractivity contribution in [2.24, 2.45) is 5.73 Å². The Hall–Kier alpha value is -1.75. The minimum Gasteiger partial charge on any atom is -0.397 e. The van der Waals surface area contributed by atoms with Gasteiger partial charge in [0.05, 0.1) is 16.9 Å². The molecule has 5 heteroatoms. The van der Waals surface area contributed by atoms with Crippen molar-refractivity contribution in [2.75, 3.05) is 31.7 Å². The van der Waals surface area contributed by atoms with Crippen LogP contribution in [0.5, 0.6) is 0 Å². The van der Waals surface area contributed by atoms with E-state index in [1.807, 2.05) is 14.1 Å². The van der Waals surface area contributed by atoms with Crippen LogP contribution in [-0.4, -0.2) is 37.0 Å². The zero-order chi connectivity index (χ0) is 13.9. The molecule has 1 aromatic carbocycles. The van der Waals surface area contributed by atoms with E-state index in [4.69, 9.17) is 11.5 Å². The fraction of sp³-hybridized carbons (Fsp3) is 0.462. The molecule has 0 spiro atoms. The molecule has 0 saturated heterocycles. The van der Waals surface area contributed by atoms with Gasteiger partial charge < -0.3 is 21.7 Å². The molecule has 0 aliphatic rings. The van der Waals surface area contributed by atoms with Crippen molar-refractivity contribution in [1.82, 2.24) is 4.90 Å². The van der Waals surface area contributed by atoms with Crippen LogP contribution in [0.3, 0.4) is 0 Å². The third kappa shape index (κ3) is 3.13. The number of carbonyl (C=O) groups is 1. The van der Waals surface area contributed by atoms with E-state index in [0.29, 0.717) is 23.5 Å². The van der Waals surface area contributed by atoms with E-state index >= 15 is 0 Å². The number of hydrogen-bond acceptors (Lipinski definition) is 4. The van der Waals surface area contributed by atoms with E-state index in [9.17, 15) is 4.79 Å². The summed E-state index contributed by atoms with van der Waals surface area (Å²) in [6.07, 6.45) is 0. The van der Waals surface area contributed by atoms with Gasteiger partial charge in [-0.25, -0.2) is 0 Å². The molecule has 0 saturated carbocycles. The Labute approximate surface area is 108 Å². The standard InChI is InChI=1S/C13H22N4O/c1-13(2,17(3)4)8-16-11-9(12(15)18)6-5-7-10(11)14/h5-7,16H,8,14H2,1-4H3,(H2,15,18). The number of nitrogens with one attached hydrogen (secondary N) is 1. The Kier molecular flexibility index (Phi) is 4.19. The second kappa shape index (κ2) is 5.27. The van der Waals surface area contributed by atoms with Gasteiger partial charge in [-0.3, -0.25) is 4.79 Å². The topological polar surface area (TPSA) is 84.4 Å². The maximum absolute atomic E-state index is 11.3. The van der Waals surface area contributed by atoms with E-state index in [0.717, 1.165) is 0 Å². The molecule has 0 fully saturated rings. The summed E-state index contributed by atoms with van der Waals surface area (Å²) < 4.78 is 0. The summed E-state index contributed by atoms with van der Waals surface area (Å²) in [5, 5.41) is 3.22. The molecule has 0 aliphatic carbocycles. The van der Waals surface area contributed by atoms with Crippen molar-refractivity contribution < 1.29 is 4.79 Å². The average molecular weight is 250 g/mol. The number of primary amides is 1. The number of hydrogen-bond donors (Lipinski definition) is 3. The summed E-state index contributed by atoms with van der Waals surface area (Å²) in [7, 11) is 4.01. The summed E-state index contributed by atoms with van der Waals surface area (Å²) in [6, 6.07) is 5.14. The van der Waals surface area contributed by atoms with E-state index in [-0.39, 0.29) is 5.54 Å². The molecule has 1 aromatic rings. The minimum absolute atomic E-state index is 0.0583. The van der Waals surface area contributed by atoms with Gasteiger partial charge in [0.2, 0.25) is 0 Å². The number of nitrogens with two attached hydrogens (primary N) is 2. The van der Waals surface area contributed by atoms with Crippen molar-refractivity contribution in [3.8, 4) is 0 Å². The second-order valence-corrected chi connectivity index (χ2v) is 5.19. The van der Waals surface area contributed by atoms with E-state index < -0.39 is 5.91 Å². The van der Waals surface area contributed by atoms with Crippen molar-refractivity contribution in [2.45, 2.75) is 19.4 Å². The van der Waals surface area contributed by atoms with Crippen molar-refractivity contribution in [3.63, 3.8) is 0 Å². The number of nitrogens with zero attached hydrogens (tertiary/aromatic N) is 1. The predicted octanol–water partition coefficient (Wildman–Crippen LogP) is 1.12. The van der Waals surface area contributed by atoms with Gasteiger partial charge in [0.1, 0.15) is 0 Å². The van der Waals surface area contributed by atoms with Gasteiger partial charge >= 0.3 is 0 Å². The van der Waals surface area contributed by atoms with Gasteiger partial charge in [-0.2, -0.15) is 0 Å². The summed E-state index contributed by atoms with van der Waals surface area (Å²) in [6.45, 7) is 4.86. The van der Waals surface area contributed by atoms with Gasteiger partial charge in [-0.15, -0.1) is 0 Å². The van der Waals surface area contributed by atoms with Gasteiger partial charge in [0, 0.05) is 12.1 Å². The molecule has 18 heavy (non-hydrogen) atoms. The normalized spacial score (nSPS) is 11.6. The highest BCUT2D eigenvalue weighted by atomic mass is 16.1. The molecule has 0 atom stereocenters. The lowest BCUT2D eigenvalue weighted by Gasteiger charge is -2.33. The first kappa shape index (κ1) is 14.3. The molecule has 0 unspecified atom stereocenters. The number of likely N-dealkylation sites (N-methyl/N-ethyl adjacent to an activating group) is 1. The van der Waals surface area contributed by atoms with E-state index in [1.165, 1.54) is 0 Å². The zero-order valence-corrected chi connectivity index (χ0v) is 11.4. The van der Waals surface area contributed by atoms with Crippen LogP contribution in [-0.2, 0) is 0 Å². The minimum atomic E-state index is -0.479. The fourth-order valence-corrected chi connectivity index (χ4v) is 1.44. The first-order valence-electron chi connectivity index (χ1n) is 5.85. The smallest absolute Gasteiger partial charge is 0.250 e. The lowest BCUT2D eigenvalue weighted by Crippen LogP contribution is -2.44. The monoisotopic (exact) mass is 250 g/mol. The van der Waals surface area contributed by atoms with Crippen LogP contribution in [0.25, 0.3) is 0 Å². The van der Waals surface area contributed by atoms with Gasteiger partial charge in [-0.05, 0) is 40.1 Å². The molecule has 0 heterocycles. The Balaban J connectivity index is 2.95. The summed E-state index contributed by atoms with van der Waals surface area (Å²) in [4.78, 5) is 13.4. The molecule has 5 N–H and O–H groups in total. The number of carbonyl (C=O) groups excluding carboxylic acids is 1. The summed E-state index contributed by atoms with van der Waals surface area (Å²) >= 11 is 0. The Morgan fingerprint density at radius 1 is 1.39 bits per heavy atom. The van der Waals surface area contributed by atoms with E-state index in [1.54, 1.807) is 18.2 Å². The summed E-state index contributed by atoms with van der Waals surface area (Å²) in [5.41, 5.74) is 12.7. The lowest BCUT2D eigenvalue weighted by atomic mass is 10.0. The Morgan fingerprint density at radius 2 is 2.00 bits per heavy atom. The number of para-hydroxylation sites is 1. The van der Waals surface area contributed by atoms with Crippen molar-refractivity contribution >= 4 is 17.3 Å². The highest BCUT2D eigenvalue weighted by Gasteiger charge is 2.21. The third-order valence-corrected chi connectivity index (χ3v) is 3.27. The van der Waals surface area contributed by atoms with Gasteiger partial charge in [0.15, 0.2) is 0 Å². The summed E-state index contributed by atoms with van der Waals surface area (Å²) in [5.74, 6) is -0.479. The molecular weight excluding hydrogens is 228 g/mol. The quantitative estimate of drug-likeness (QED) is 0.684. The second-order valence-electron chi connectivity index (χ2n) is 5.19. The van der Waals surface area contributed by atoms with Crippen LogP contribution in [0.15, 0.2) is 18.2 Å². The van der Waals surface area contributed by atoms with Crippen LogP contribution < -0.4 is 16.8 Å². The average Bonchev–Trinajstić information content (AvgIpc) is 2.26. The van der Waals surface area contributed by atoms with Crippen molar-refractivity contribution in [1.29, 1.82) is 0 Å². The molecular formula is C13H22N4O. The number of benzene rings is 1. The maximum atomic E-state index is 11.3. The van der Waals surface area contributed by atoms with Gasteiger partial charge in [-0.1, -0.05) is 6.07 Å². The zero-order valence-electron chi connectivity index (χ0n) is 11.4. The highest BCUT2D eigenvalue weighted by Crippen LogP contribution is 2.24. The van der Waals surface area contributed by atoms with Crippen LogP contribution in [0, 0.1) is 0 Å². The molecule has 5 nitrogen and oxygen atoms in total. The maximum Gasteiger partial charge on any atom is 0.250 e. The van der Waals surface area contributed by atoms with Crippen LogP contribution in [0.2, 0.25) is 0 Å². The first-order chi connectivity index (χ1) is 8.25. The molecule has 1 rings (SSSR count). The number of anilines is 2. The number of nitrogen functional groups attached to an aromatic ring is 1. The predicted molar refractivity (Wildman–Crippen MR) is 75.6 cm³/mol. The Bertz CT molecular complexity index is 441.